The van der Waals surface area contributed by atoms with Crippen molar-refractivity contribution in [1.29, 1.82) is 0 Å². The molecule has 2 aliphatic carbocycles. The van der Waals surface area contributed by atoms with Crippen LogP contribution in [-0.2, 0) is 5.41 Å². The molecule has 1 heterocycles. The summed E-state index contributed by atoms with van der Waals surface area (Å²) in [6.07, 6.45) is 5.79. The third kappa shape index (κ3) is 0.614. The minimum atomic E-state index is 0.369. The highest BCUT2D eigenvalue weighted by molar-refractivity contribution is 5.38. The molecule has 2 atom stereocenters. The van der Waals surface area contributed by atoms with Gasteiger partial charge in [0, 0.05) is 11.6 Å². The van der Waals surface area contributed by atoms with Gasteiger partial charge >= 0.3 is 0 Å². The SMILES string of the molecule is CC12CCC(C1)c1ccnnc12. The van der Waals surface area contributed by atoms with Crippen LogP contribution in [0.1, 0.15) is 43.4 Å². The maximum atomic E-state index is 4.26. The highest BCUT2D eigenvalue weighted by Crippen LogP contribution is 2.55. The maximum absolute atomic E-state index is 4.26. The lowest BCUT2D eigenvalue weighted by Gasteiger charge is -2.21. The van der Waals surface area contributed by atoms with Gasteiger partial charge in [0.05, 0.1) is 5.69 Å². The first-order valence-electron chi connectivity index (χ1n) is 4.62. The average Bonchev–Trinajstić information content (AvgIpc) is 2.60. The summed E-state index contributed by atoms with van der Waals surface area (Å²) in [6, 6.07) is 2.15. The summed E-state index contributed by atoms with van der Waals surface area (Å²) < 4.78 is 0. The number of hydrogen-bond acceptors (Lipinski definition) is 2. The zero-order valence-corrected chi connectivity index (χ0v) is 7.25. The van der Waals surface area contributed by atoms with E-state index in [1.165, 1.54) is 30.5 Å². The van der Waals surface area contributed by atoms with E-state index in [0.717, 1.165) is 5.92 Å². The lowest BCUT2D eigenvalue weighted by molar-refractivity contribution is 0.484. The molecule has 1 saturated carbocycles. The van der Waals surface area contributed by atoms with E-state index in [4.69, 9.17) is 0 Å². The van der Waals surface area contributed by atoms with Crippen molar-refractivity contribution in [3.05, 3.63) is 23.5 Å². The van der Waals surface area contributed by atoms with E-state index >= 15 is 0 Å². The predicted molar refractivity (Wildman–Crippen MR) is 46.0 cm³/mol. The van der Waals surface area contributed by atoms with Crippen LogP contribution in [0.5, 0.6) is 0 Å². The molecular weight excluding hydrogens is 148 g/mol. The van der Waals surface area contributed by atoms with Crippen LogP contribution >= 0.6 is 0 Å². The lowest BCUT2D eigenvalue weighted by atomic mass is 9.85. The molecule has 2 heteroatoms. The van der Waals surface area contributed by atoms with Crippen molar-refractivity contribution >= 4 is 0 Å². The Hall–Kier alpha value is -0.920. The topological polar surface area (TPSA) is 25.8 Å². The van der Waals surface area contributed by atoms with E-state index < -0.39 is 0 Å². The number of nitrogens with zero attached hydrogens (tertiary/aromatic N) is 2. The summed E-state index contributed by atoms with van der Waals surface area (Å²) >= 11 is 0. The van der Waals surface area contributed by atoms with Gasteiger partial charge in [0.2, 0.25) is 0 Å². The van der Waals surface area contributed by atoms with Crippen LogP contribution < -0.4 is 0 Å². The number of hydrogen-bond donors (Lipinski definition) is 0. The molecule has 1 aromatic heterocycles. The zero-order chi connectivity index (χ0) is 8.18. The van der Waals surface area contributed by atoms with E-state index in [1.807, 2.05) is 6.20 Å². The Morgan fingerprint density at radius 2 is 2.50 bits per heavy atom. The molecule has 2 unspecified atom stereocenters. The maximum Gasteiger partial charge on any atom is 0.0724 e. The highest BCUT2D eigenvalue weighted by atomic mass is 15.1. The lowest BCUT2D eigenvalue weighted by Crippen LogP contribution is -2.18. The van der Waals surface area contributed by atoms with Crippen molar-refractivity contribution < 1.29 is 0 Å². The molecule has 0 saturated heterocycles. The Bertz CT molecular complexity index is 334. The molecule has 1 fully saturated rings. The molecule has 2 bridgehead atoms. The van der Waals surface area contributed by atoms with Gasteiger partial charge in [0.25, 0.3) is 0 Å². The predicted octanol–water partition coefficient (Wildman–Crippen LogP) is 2.02. The second-order valence-corrected chi connectivity index (χ2v) is 4.34. The summed E-state index contributed by atoms with van der Waals surface area (Å²) in [5.41, 5.74) is 3.12. The van der Waals surface area contributed by atoms with Gasteiger partial charge in [-0.2, -0.15) is 10.2 Å². The Kier molecular flexibility index (Phi) is 1.03. The molecule has 3 rings (SSSR count). The number of rotatable bonds is 0. The van der Waals surface area contributed by atoms with Gasteiger partial charge in [-0.15, -0.1) is 0 Å². The van der Waals surface area contributed by atoms with Crippen LogP contribution in [0.15, 0.2) is 12.3 Å². The minimum absolute atomic E-state index is 0.369. The normalized spacial score (nSPS) is 36.9. The van der Waals surface area contributed by atoms with E-state index in [9.17, 15) is 0 Å². The van der Waals surface area contributed by atoms with E-state index in [-0.39, 0.29) is 0 Å². The molecule has 0 aliphatic heterocycles. The zero-order valence-electron chi connectivity index (χ0n) is 7.25. The van der Waals surface area contributed by atoms with Crippen molar-refractivity contribution in [2.45, 2.75) is 37.5 Å². The molecule has 1 aromatic rings. The first-order valence-corrected chi connectivity index (χ1v) is 4.62. The van der Waals surface area contributed by atoms with Crippen LogP contribution in [0.25, 0.3) is 0 Å². The van der Waals surface area contributed by atoms with E-state index in [1.54, 1.807) is 0 Å². The molecule has 0 aromatic carbocycles. The summed E-state index contributed by atoms with van der Waals surface area (Å²) in [5.74, 6) is 0.792. The Morgan fingerprint density at radius 1 is 1.58 bits per heavy atom. The molecular formula is C10H12N2. The van der Waals surface area contributed by atoms with Crippen molar-refractivity contribution in [1.82, 2.24) is 10.2 Å². The van der Waals surface area contributed by atoms with E-state index in [2.05, 4.69) is 23.2 Å². The van der Waals surface area contributed by atoms with Crippen LogP contribution in [0.4, 0.5) is 0 Å². The van der Waals surface area contributed by atoms with Crippen molar-refractivity contribution in [2.24, 2.45) is 0 Å². The van der Waals surface area contributed by atoms with Crippen LogP contribution in [-0.4, -0.2) is 10.2 Å². The van der Waals surface area contributed by atoms with Gasteiger partial charge in [-0.1, -0.05) is 6.92 Å². The van der Waals surface area contributed by atoms with Crippen LogP contribution in [0, 0.1) is 0 Å². The molecule has 2 aliphatic rings. The van der Waals surface area contributed by atoms with Crippen molar-refractivity contribution in [3.8, 4) is 0 Å². The first kappa shape index (κ1) is 6.58. The van der Waals surface area contributed by atoms with Gasteiger partial charge in [-0.3, -0.25) is 0 Å². The third-order valence-corrected chi connectivity index (χ3v) is 3.50. The van der Waals surface area contributed by atoms with E-state index in [0.29, 0.717) is 5.41 Å². The van der Waals surface area contributed by atoms with Crippen molar-refractivity contribution in [2.75, 3.05) is 0 Å². The van der Waals surface area contributed by atoms with Crippen LogP contribution in [0.3, 0.4) is 0 Å². The monoisotopic (exact) mass is 160 g/mol. The molecule has 0 N–H and O–H groups in total. The second-order valence-electron chi connectivity index (χ2n) is 4.34. The molecule has 0 spiro atoms. The average molecular weight is 160 g/mol. The van der Waals surface area contributed by atoms with Gasteiger partial charge in [-0.05, 0) is 36.8 Å². The first-order chi connectivity index (χ1) is 5.80. The Morgan fingerprint density at radius 3 is 3.33 bits per heavy atom. The molecule has 2 nitrogen and oxygen atoms in total. The van der Waals surface area contributed by atoms with Gasteiger partial charge < -0.3 is 0 Å². The molecule has 0 radical (unpaired) electrons. The highest BCUT2D eigenvalue weighted by Gasteiger charge is 2.47. The fourth-order valence-corrected chi connectivity index (χ4v) is 2.86. The Labute approximate surface area is 72.0 Å². The summed E-state index contributed by atoms with van der Waals surface area (Å²) in [5, 5.41) is 8.23. The third-order valence-electron chi connectivity index (χ3n) is 3.50. The van der Waals surface area contributed by atoms with Gasteiger partial charge in [-0.25, -0.2) is 0 Å². The fraction of sp³-hybridized carbons (Fsp3) is 0.600. The molecule has 0 amide bonds. The standard InChI is InChI=1S/C10H12N2/c1-10-4-2-7(6-10)8-3-5-11-12-9(8)10/h3,5,7H,2,4,6H2,1H3. The summed E-state index contributed by atoms with van der Waals surface area (Å²) in [7, 11) is 0. The quantitative estimate of drug-likeness (QED) is 0.580. The van der Waals surface area contributed by atoms with Gasteiger partial charge in [0.15, 0.2) is 0 Å². The molecule has 62 valence electrons. The van der Waals surface area contributed by atoms with Crippen LogP contribution in [0.2, 0.25) is 0 Å². The molecule has 12 heavy (non-hydrogen) atoms. The second kappa shape index (κ2) is 1.87. The number of fused-ring (bicyclic) bond motifs is 5. The minimum Gasteiger partial charge on any atom is -0.159 e. The van der Waals surface area contributed by atoms with Crippen molar-refractivity contribution in [3.63, 3.8) is 0 Å². The summed E-state index contributed by atoms with van der Waals surface area (Å²) in [4.78, 5) is 0. The fourth-order valence-electron chi connectivity index (χ4n) is 2.86. The largest absolute Gasteiger partial charge is 0.159 e. The summed E-state index contributed by atoms with van der Waals surface area (Å²) in [6.45, 7) is 2.33. The Balaban J connectivity index is 2.27. The smallest absolute Gasteiger partial charge is 0.0724 e. The number of aromatic nitrogens is 2. The van der Waals surface area contributed by atoms with Gasteiger partial charge in [0.1, 0.15) is 0 Å².